The van der Waals surface area contributed by atoms with Crippen molar-refractivity contribution in [2.75, 3.05) is 46.3 Å². The largest absolute Gasteiger partial charge is 0.357 e. The summed E-state index contributed by atoms with van der Waals surface area (Å²) >= 11 is 1.72. The van der Waals surface area contributed by atoms with E-state index >= 15 is 0 Å². The van der Waals surface area contributed by atoms with E-state index in [2.05, 4.69) is 53.6 Å². The van der Waals surface area contributed by atoms with Crippen molar-refractivity contribution in [1.29, 1.82) is 0 Å². The zero-order valence-electron chi connectivity index (χ0n) is 19.2. The molecule has 0 bridgehead atoms. The van der Waals surface area contributed by atoms with Gasteiger partial charge in [0.1, 0.15) is 5.01 Å². The maximum absolute atomic E-state index is 4.85. The molecular formula is C22H41IN6S. The van der Waals surface area contributed by atoms with Crippen LogP contribution in [0.3, 0.4) is 0 Å². The van der Waals surface area contributed by atoms with Crippen LogP contribution in [0.15, 0.2) is 10.4 Å². The molecule has 0 spiro atoms. The van der Waals surface area contributed by atoms with Gasteiger partial charge in [-0.25, -0.2) is 9.98 Å². The average Bonchev–Trinajstić information content (AvgIpc) is 3.22. The Morgan fingerprint density at radius 2 is 1.87 bits per heavy atom. The van der Waals surface area contributed by atoms with Crippen molar-refractivity contribution in [2.24, 2.45) is 4.99 Å². The molecule has 2 fully saturated rings. The van der Waals surface area contributed by atoms with E-state index in [-0.39, 0.29) is 29.5 Å². The highest BCUT2D eigenvalue weighted by Gasteiger charge is 2.39. The molecule has 8 heteroatoms. The van der Waals surface area contributed by atoms with E-state index in [0.29, 0.717) is 12.5 Å². The summed E-state index contributed by atoms with van der Waals surface area (Å²) in [7, 11) is 2.25. The second-order valence-electron chi connectivity index (χ2n) is 8.94. The Hall–Kier alpha value is -0.450. The monoisotopic (exact) mass is 548 g/mol. The van der Waals surface area contributed by atoms with Gasteiger partial charge in [0.25, 0.3) is 0 Å². The smallest absolute Gasteiger partial charge is 0.191 e. The Labute approximate surface area is 204 Å². The van der Waals surface area contributed by atoms with Gasteiger partial charge < -0.3 is 15.5 Å². The minimum absolute atomic E-state index is 0. The predicted molar refractivity (Wildman–Crippen MR) is 139 cm³/mol. The number of nitrogens with one attached hydrogen (secondary N) is 2. The van der Waals surface area contributed by atoms with Crippen LogP contribution in [-0.2, 0) is 6.54 Å². The summed E-state index contributed by atoms with van der Waals surface area (Å²) in [5, 5.41) is 10.4. The molecule has 0 unspecified atom stereocenters. The number of halogens is 1. The van der Waals surface area contributed by atoms with Crippen molar-refractivity contribution in [3.8, 4) is 0 Å². The van der Waals surface area contributed by atoms with Crippen LogP contribution in [0.2, 0.25) is 0 Å². The van der Waals surface area contributed by atoms with Gasteiger partial charge in [0.2, 0.25) is 0 Å². The molecule has 1 aromatic rings. The Bertz CT molecular complexity index is 648. The van der Waals surface area contributed by atoms with Gasteiger partial charge in [-0.2, -0.15) is 0 Å². The first-order valence-electron chi connectivity index (χ1n) is 11.4. The van der Waals surface area contributed by atoms with Crippen LogP contribution in [0.4, 0.5) is 0 Å². The summed E-state index contributed by atoms with van der Waals surface area (Å²) in [6, 6.07) is 0. The van der Waals surface area contributed by atoms with Crippen molar-refractivity contribution in [3.05, 3.63) is 16.1 Å². The third-order valence-electron chi connectivity index (χ3n) is 6.41. The Kier molecular flexibility index (Phi) is 10.8. The minimum atomic E-state index is 0. The van der Waals surface area contributed by atoms with E-state index in [1.165, 1.54) is 64.0 Å². The predicted octanol–water partition coefficient (Wildman–Crippen LogP) is 3.89. The van der Waals surface area contributed by atoms with Crippen LogP contribution in [0.1, 0.15) is 69.5 Å². The quantitative estimate of drug-likeness (QED) is 0.308. The highest BCUT2D eigenvalue weighted by atomic mass is 127. The van der Waals surface area contributed by atoms with Gasteiger partial charge in [-0.1, -0.05) is 20.3 Å². The molecule has 3 heterocycles. The highest BCUT2D eigenvalue weighted by molar-refractivity contribution is 14.0. The maximum atomic E-state index is 4.85. The number of nitrogens with zero attached hydrogens (tertiary/aromatic N) is 4. The molecule has 2 N–H and O–H groups in total. The molecule has 2 aliphatic rings. The van der Waals surface area contributed by atoms with Gasteiger partial charge in [-0.05, 0) is 71.8 Å². The zero-order chi connectivity index (χ0) is 20.7. The molecule has 1 aromatic heterocycles. The van der Waals surface area contributed by atoms with Crippen LogP contribution in [0.5, 0.6) is 0 Å². The Balaban J connectivity index is 0.00000320. The molecular weight excluding hydrogens is 507 g/mol. The number of hydrogen-bond acceptors (Lipinski definition) is 5. The number of thiazole rings is 1. The van der Waals surface area contributed by atoms with E-state index in [4.69, 9.17) is 9.98 Å². The van der Waals surface area contributed by atoms with Gasteiger partial charge in [0.05, 0.1) is 12.2 Å². The van der Waals surface area contributed by atoms with Gasteiger partial charge in [-0.15, -0.1) is 35.3 Å². The van der Waals surface area contributed by atoms with E-state index in [1.807, 2.05) is 0 Å². The molecule has 0 saturated carbocycles. The molecule has 2 aliphatic heterocycles. The standard InChI is InChI=1S/C22H40N6S.HI/c1-5-23-21(24-15-20-26-19(16-29-20)18(2)3)25-17-22(9-13-27(4)14-10-22)28-11-7-6-8-12-28;/h16,18H,5-15,17H2,1-4H3,(H2,23,24,25);1H. The summed E-state index contributed by atoms with van der Waals surface area (Å²) in [6.45, 7) is 13.9. The molecule has 3 rings (SSSR count). The van der Waals surface area contributed by atoms with Crippen LogP contribution < -0.4 is 10.6 Å². The van der Waals surface area contributed by atoms with Crippen molar-refractivity contribution in [3.63, 3.8) is 0 Å². The first-order valence-corrected chi connectivity index (χ1v) is 12.3. The normalized spacial score (nSPS) is 20.8. The van der Waals surface area contributed by atoms with Crippen LogP contribution in [-0.4, -0.2) is 72.6 Å². The fourth-order valence-corrected chi connectivity index (χ4v) is 5.29. The lowest BCUT2D eigenvalue weighted by Crippen LogP contribution is -2.62. The summed E-state index contributed by atoms with van der Waals surface area (Å²) < 4.78 is 0. The fourth-order valence-electron chi connectivity index (χ4n) is 4.41. The van der Waals surface area contributed by atoms with Crippen LogP contribution >= 0.6 is 35.3 Å². The Morgan fingerprint density at radius 3 is 2.47 bits per heavy atom. The number of hydrogen-bond donors (Lipinski definition) is 2. The molecule has 0 amide bonds. The first-order chi connectivity index (χ1) is 14.0. The van der Waals surface area contributed by atoms with Crippen molar-refractivity contribution < 1.29 is 0 Å². The third kappa shape index (κ3) is 7.03. The van der Waals surface area contributed by atoms with E-state index in [0.717, 1.165) is 24.1 Å². The van der Waals surface area contributed by atoms with Gasteiger partial charge in [0.15, 0.2) is 5.96 Å². The zero-order valence-corrected chi connectivity index (χ0v) is 22.4. The number of aliphatic imine (C=N–C) groups is 1. The lowest BCUT2D eigenvalue weighted by molar-refractivity contribution is 0.0173. The molecule has 0 atom stereocenters. The van der Waals surface area contributed by atoms with E-state index in [9.17, 15) is 0 Å². The van der Waals surface area contributed by atoms with Crippen LogP contribution in [0.25, 0.3) is 0 Å². The molecule has 6 nitrogen and oxygen atoms in total. The number of guanidine groups is 1. The van der Waals surface area contributed by atoms with Crippen LogP contribution in [0, 0.1) is 0 Å². The lowest BCUT2D eigenvalue weighted by Gasteiger charge is -2.50. The molecule has 2 saturated heterocycles. The van der Waals surface area contributed by atoms with Crippen molar-refractivity contribution >= 4 is 41.3 Å². The summed E-state index contributed by atoms with van der Waals surface area (Å²) in [5.74, 6) is 1.40. The van der Waals surface area contributed by atoms with E-state index < -0.39 is 0 Å². The van der Waals surface area contributed by atoms with Crippen molar-refractivity contribution in [2.45, 2.75) is 70.9 Å². The van der Waals surface area contributed by atoms with Gasteiger partial charge in [0, 0.05) is 24.0 Å². The second kappa shape index (κ2) is 12.6. The summed E-state index contributed by atoms with van der Waals surface area (Å²) in [5.41, 5.74) is 1.43. The summed E-state index contributed by atoms with van der Waals surface area (Å²) in [6.07, 6.45) is 6.54. The summed E-state index contributed by atoms with van der Waals surface area (Å²) in [4.78, 5) is 14.8. The SMILES string of the molecule is CCNC(=NCc1nc(C(C)C)cs1)NCC1(N2CCCCC2)CCN(C)CC1.I. The maximum Gasteiger partial charge on any atom is 0.191 e. The highest BCUT2D eigenvalue weighted by Crippen LogP contribution is 2.30. The second-order valence-corrected chi connectivity index (χ2v) is 9.89. The van der Waals surface area contributed by atoms with Gasteiger partial charge in [-0.3, -0.25) is 4.90 Å². The Morgan fingerprint density at radius 1 is 1.17 bits per heavy atom. The molecule has 0 radical (unpaired) electrons. The number of piperidine rings is 2. The van der Waals surface area contributed by atoms with E-state index in [1.54, 1.807) is 11.3 Å². The molecule has 0 aromatic carbocycles. The average molecular weight is 549 g/mol. The molecule has 172 valence electrons. The van der Waals surface area contributed by atoms with Gasteiger partial charge >= 0.3 is 0 Å². The third-order valence-corrected chi connectivity index (χ3v) is 7.26. The molecule has 30 heavy (non-hydrogen) atoms. The molecule has 0 aliphatic carbocycles. The number of rotatable bonds is 7. The number of likely N-dealkylation sites (tertiary alicyclic amines) is 2. The fraction of sp³-hybridized carbons (Fsp3) is 0.818. The number of aromatic nitrogens is 1. The topological polar surface area (TPSA) is 55.8 Å². The first kappa shape index (κ1) is 25.8. The van der Waals surface area contributed by atoms with Crippen molar-refractivity contribution in [1.82, 2.24) is 25.4 Å². The lowest BCUT2D eigenvalue weighted by atomic mass is 9.84. The minimum Gasteiger partial charge on any atom is -0.357 e.